The van der Waals surface area contributed by atoms with Gasteiger partial charge in [-0.05, 0) is 25.8 Å². The average Bonchev–Trinajstić information content (AvgIpc) is 3.09. The molecule has 0 amide bonds. The summed E-state index contributed by atoms with van der Waals surface area (Å²) in [6.45, 7) is 0.704. The molecule has 0 atom stereocenters. The minimum absolute atomic E-state index is 0.238. The van der Waals surface area contributed by atoms with Crippen molar-refractivity contribution < 1.29 is 17.9 Å². The Morgan fingerprint density at radius 2 is 2.26 bits per heavy atom. The van der Waals surface area contributed by atoms with Crippen molar-refractivity contribution in [3.63, 3.8) is 0 Å². The monoisotopic (exact) mass is 274 g/mol. The molecule has 1 aromatic rings. The van der Waals surface area contributed by atoms with Gasteiger partial charge in [0.25, 0.3) is 6.43 Å². The summed E-state index contributed by atoms with van der Waals surface area (Å²) in [4.78, 5) is 4.16. The van der Waals surface area contributed by atoms with E-state index in [0.29, 0.717) is 18.1 Å². The fourth-order valence-electron chi connectivity index (χ4n) is 1.76. The fraction of sp³-hybridized carbons (Fsp3) is 0.769. The maximum Gasteiger partial charge on any atom is 0.261 e. The Kier molecular flexibility index (Phi) is 5.72. The molecule has 0 spiro atoms. The number of alkyl halides is 2. The molecular formula is C13H20F2N2O2. The molecule has 1 aliphatic rings. The lowest BCUT2D eigenvalue weighted by atomic mass is 10.3. The van der Waals surface area contributed by atoms with Gasteiger partial charge >= 0.3 is 0 Å². The first-order chi connectivity index (χ1) is 9.24. The van der Waals surface area contributed by atoms with E-state index in [9.17, 15) is 8.78 Å². The van der Waals surface area contributed by atoms with E-state index in [-0.39, 0.29) is 6.61 Å². The maximum atomic E-state index is 11.8. The molecule has 19 heavy (non-hydrogen) atoms. The van der Waals surface area contributed by atoms with Crippen LogP contribution in [0.5, 0.6) is 0 Å². The molecule has 1 saturated carbocycles. The van der Waals surface area contributed by atoms with Crippen molar-refractivity contribution in [3.05, 3.63) is 17.8 Å². The first-order valence-corrected chi connectivity index (χ1v) is 6.77. The minimum Gasteiger partial charge on any atom is -0.446 e. The molecule has 1 N–H and O–H groups in total. The summed E-state index contributed by atoms with van der Waals surface area (Å²) in [5.74, 6) is 1.40. The van der Waals surface area contributed by atoms with E-state index in [1.807, 2.05) is 0 Å². The van der Waals surface area contributed by atoms with Gasteiger partial charge in [-0.2, -0.15) is 0 Å². The first-order valence-electron chi connectivity index (χ1n) is 6.77. The smallest absolute Gasteiger partial charge is 0.261 e. The third kappa shape index (κ3) is 6.11. The van der Waals surface area contributed by atoms with Crippen LogP contribution in [0.2, 0.25) is 0 Å². The van der Waals surface area contributed by atoms with E-state index in [2.05, 4.69) is 10.3 Å². The van der Waals surface area contributed by atoms with Crippen LogP contribution in [-0.4, -0.2) is 37.2 Å². The van der Waals surface area contributed by atoms with Crippen LogP contribution in [0.15, 0.2) is 10.6 Å². The molecule has 1 heterocycles. The maximum absolute atomic E-state index is 11.8. The number of oxazole rings is 1. The second kappa shape index (κ2) is 7.55. The number of hydrogen-bond donors (Lipinski definition) is 1. The highest BCUT2D eigenvalue weighted by atomic mass is 19.3. The van der Waals surface area contributed by atoms with Crippen LogP contribution in [0.4, 0.5) is 8.78 Å². The third-order valence-electron chi connectivity index (χ3n) is 2.92. The number of rotatable bonds is 10. The van der Waals surface area contributed by atoms with E-state index in [4.69, 9.17) is 9.15 Å². The van der Waals surface area contributed by atoms with Gasteiger partial charge in [0.2, 0.25) is 0 Å². The van der Waals surface area contributed by atoms with Gasteiger partial charge in [0.05, 0.1) is 12.8 Å². The highest BCUT2D eigenvalue weighted by Crippen LogP contribution is 2.18. The summed E-state index contributed by atoms with van der Waals surface area (Å²) in [5.41, 5.74) is 0. The lowest BCUT2D eigenvalue weighted by molar-refractivity contribution is 0.0176. The summed E-state index contributed by atoms with van der Waals surface area (Å²) in [7, 11) is 0. The number of ether oxygens (including phenoxy) is 1. The van der Waals surface area contributed by atoms with Crippen LogP contribution < -0.4 is 5.32 Å². The molecule has 1 fully saturated rings. The van der Waals surface area contributed by atoms with Crippen molar-refractivity contribution in [1.82, 2.24) is 10.3 Å². The molecule has 0 unspecified atom stereocenters. The van der Waals surface area contributed by atoms with Gasteiger partial charge in [0.15, 0.2) is 5.89 Å². The predicted octanol–water partition coefficient (Wildman–Crippen LogP) is 2.18. The summed E-state index contributed by atoms with van der Waals surface area (Å²) >= 11 is 0. The van der Waals surface area contributed by atoms with Crippen LogP contribution >= 0.6 is 0 Å². The normalized spacial score (nSPS) is 15.3. The Hall–Kier alpha value is -1.01. The largest absolute Gasteiger partial charge is 0.446 e. The standard InChI is InChI=1S/C13H20F2N2O2/c14-12(15)9-18-7-5-11-8-17-13(19-11)2-1-6-16-10-3-4-10/h8,10,12,16H,1-7,9H2. The van der Waals surface area contributed by atoms with E-state index >= 15 is 0 Å². The van der Waals surface area contributed by atoms with Gasteiger partial charge in [-0.15, -0.1) is 0 Å². The number of aryl methyl sites for hydroxylation is 1. The molecule has 4 nitrogen and oxygen atoms in total. The molecule has 6 heteroatoms. The van der Waals surface area contributed by atoms with Gasteiger partial charge in [0.1, 0.15) is 12.4 Å². The summed E-state index contributed by atoms with van der Waals surface area (Å²) in [6.07, 6.45) is 4.11. The molecule has 1 aliphatic carbocycles. The second-order valence-corrected chi connectivity index (χ2v) is 4.77. The summed E-state index contributed by atoms with van der Waals surface area (Å²) < 4.78 is 34.0. The third-order valence-corrected chi connectivity index (χ3v) is 2.92. The number of hydrogen-bond acceptors (Lipinski definition) is 4. The predicted molar refractivity (Wildman–Crippen MR) is 66.4 cm³/mol. The van der Waals surface area contributed by atoms with Gasteiger partial charge < -0.3 is 14.5 Å². The average molecular weight is 274 g/mol. The number of halogens is 2. The lowest BCUT2D eigenvalue weighted by Crippen LogP contribution is -2.17. The quantitative estimate of drug-likeness (QED) is 0.664. The number of nitrogens with one attached hydrogen (secondary N) is 1. The fourth-order valence-corrected chi connectivity index (χ4v) is 1.76. The van der Waals surface area contributed by atoms with Crippen molar-refractivity contribution in [2.45, 2.75) is 44.6 Å². The zero-order chi connectivity index (χ0) is 13.5. The van der Waals surface area contributed by atoms with Gasteiger partial charge in [-0.25, -0.2) is 13.8 Å². The van der Waals surface area contributed by atoms with Crippen molar-refractivity contribution in [1.29, 1.82) is 0 Å². The van der Waals surface area contributed by atoms with E-state index in [0.717, 1.165) is 25.4 Å². The molecule has 0 aromatic carbocycles. The first kappa shape index (κ1) is 14.4. The van der Waals surface area contributed by atoms with E-state index < -0.39 is 13.0 Å². The van der Waals surface area contributed by atoms with Crippen molar-refractivity contribution in [2.75, 3.05) is 19.8 Å². The minimum atomic E-state index is -2.41. The van der Waals surface area contributed by atoms with Crippen LogP contribution in [0, 0.1) is 0 Å². The van der Waals surface area contributed by atoms with E-state index in [1.54, 1.807) is 6.20 Å². The zero-order valence-corrected chi connectivity index (χ0v) is 10.9. The van der Waals surface area contributed by atoms with Gasteiger partial charge in [-0.1, -0.05) is 0 Å². The molecule has 108 valence electrons. The Bertz CT molecular complexity index is 343. The van der Waals surface area contributed by atoms with Gasteiger partial charge in [0, 0.05) is 18.9 Å². The number of aromatic nitrogens is 1. The molecule has 2 rings (SSSR count). The molecule has 1 aromatic heterocycles. The summed E-state index contributed by atoms with van der Waals surface area (Å²) in [6, 6.07) is 0.729. The number of nitrogens with zero attached hydrogens (tertiary/aromatic N) is 1. The second-order valence-electron chi connectivity index (χ2n) is 4.77. The van der Waals surface area contributed by atoms with Crippen molar-refractivity contribution >= 4 is 0 Å². The van der Waals surface area contributed by atoms with Crippen LogP contribution in [0.25, 0.3) is 0 Å². The Morgan fingerprint density at radius 3 is 3.00 bits per heavy atom. The molecule has 0 saturated heterocycles. The molecule has 0 bridgehead atoms. The molecule has 0 aliphatic heterocycles. The van der Waals surface area contributed by atoms with Crippen LogP contribution in [0.1, 0.15) is 30.9 Å². The highest BCUT2D eigenvalue weighted by Gasteiger charge is 2.19. The highest BCUT2D eigenvalue weighted by molar-refractivity contribution is 4.94. The zero-order valence-electron chi connectivity index (χ0n) is 10.9. The Morgan fingerprint density at radius 1 is 1.42 bits per heavy atom. The van der Waals surface area contributed by atoms with Crippen LogP contribution in [-0.2, 0) is 17.6 Å². The van der Waals surface area contributed by atoms with Gasteiger partial charge in [-0.3, -0.25) is 0 Å². The lowest BCUT2D eigenvalue weighted by Gasteiger charge is -2.01. The van der Waals surface area contributed by atoms with Crippen molar-refractivity contribution in [2.24, 2.45) is 0 Å². The topological polar surface area (TPSA) is 47.3 Å². The Labute approximate surface area is 111 Å². The van der Waals surface area contributed by atoms with Crippen LogP contribution in [0.3, 0.4) is 0 Å². The van der Waals surface area contributed by atoms with Crippen molar-refractivity contribution in [3.8, 4) is 0 Å². The SMILES string of the molecule is FC(F)COCCc1cnc(CCCNC2CC2)o1. The van der Waals surface area contributed by atoms with E-state index in [1.165, 1.54) is 12.8 Å². The Balaban J connectivity index is 1.55. The molecular weight excluding hydrogens is 254 g/mol. The summed E-state index contributed by atoms with van der Waals surface area (Å²) in [5, 5.41) is 3.43. The molecule has 0 radical (unpaired) electrons.